The third-order valence-electron chi connectivity index (χ3n) is 5.58. The number of carbonyl (C=O) groups excluding carboxylic acids is 1. The molecule has 4 rings (SSSR count). The Hall–Kier alpha value is -2.90. The molecule has 1 saturated heterocycles. The van der Waals surface area contributed by atoms with Crippen molar-refractivity contribution in [3.05, 3.63) is 60.7 Å². The van der Waals surface area contributed by atoms with Crippen LogP contribution in [0, 0.1) is 0 Å². The lowest BCUT2D eigenvalue weighted by atomic mass is 10.0. The van der Waals surface area contributed by atoms with Crippen LogP contribution in [-0.2, 0) is 14.6 Å². The molecule has 1 heterocycles. The highest BCUT2D eigenvalue weighted by Gasteiger charge is 2.27. The molecule has 0 atom stereocenters. The van der Waals surface area contributed by atoms with Gasteiger partial charge in [0.2, 0.25) is 15.7 Å². The summed E-state index contributed by atoms with van der Waals surface area (Å²) in [7, 11) is -2.17. The van der Waals surface area contributed by atoms with Crippen molar-refractivity contribution in [2.45, 2.75) is 16.7 Å². The summed E-state index contributed by atoms with van der Waals surface area (Å²) in [5, 5.41) is 5.04. The van der Waals surface area contributed by atoms with Crippen LogP contribution < -0.4 is 15.1 Å². The number of fused-ring (bicyclic) bond motifs is 1. The van der Waals surface area contributed by atoms with Crippen LogP contribution in [0.5, 0.6) is 0 Å². The smallest absolute Gasteiger partial charge is 0.223 e. The van der Waals surface area contributed by atoms with Crippen molar-refractivity contribution in [2.75, 3.05) is 43.0 Å². The monoisotopic (exact) mass is 423 g/mol. The van der Waals surface area contributed by atoms with Crippen molar-refractivity contribution in [2.24, 2.45) is 0 Å². The number of carbonyl (C=O) groups is 1. The molecule has 1 aliphatic heterocycles. The predicted octanol–water partition coefficient (Wildman–Crippen LogP) is 3.06. The molecule has 0 aliphatic carbocycles. The first-order valence-electron chi connectivity index (χ1n) is 9.97. The lowest BCUT2D eigenvalue weighted by molar-refractivity contribution is -0.116. The second-order valence-corrected chi connectivity index (χ2v) is 9.33. The Morgan fingerprint density at radius 3 is 2.30 bits per heavy atom. The van der Waals surface area contributed by atoms with Gasteiger partial charge in [0.05, 0.1) is 15.5 Å². The number of piperazine rings is 1. The quantitative estimate of drug-likeness (QED) is 0.699. The Morgan fingerprint density at radius 2 is 1.63 bits per heavy atom. The zero-order valence-electron chi connectivity index (χ0n) is 17.1. The third-order valence-corrected chi connectivity index (χ3v) is 7.38. The molecule has 0 radical (unpaired) electrons. The Bertz CT molecular complexity index is 1190. The molecule has 0 bridgehead atoms. The first-order chi connectivity index (χ1) is 14.4. The number of benzene rings is 3. The van der Waals surface area contributed by atoms with Gasteiger partial charge in [0, 0.05) is 56.6 Å². The van der Waals surface area contributed by atoms with Gasteiger partial charge in [-0.25, -0.2) is 8.42 Å². The fourth-order valence-corrected chi connectivity index (χ4v) is 5.45. The molecule has 0 aromatic heterocycles. The van der Waals surface area contributed by atoms with Crippen LogP contribution in [0.4, 0.5) is 11.4 Å². The van der Waals surface area contributed by atoms with Crippen LogP contribution in [0.3, 0.4) is 0 Å². The number of amides is 1. The topological polar surface area (TPSA) is 69.7 Å². The van der Waals surface area contributed by atoms with E-state index >= 15 is 0 Å². The first kappa shape index (κ1) is 20.4. The molecule has 30 heavy (non-hydrogen) atoms. The van der Waals surface area contributed by atoms with Crippen molar-refractivity contribution in [3.8, 4) is 0 Å². The predicted molar refractivity (Wildman–Crippen MR) is 120 cm³/mol. The van der Waals surface area contributed by atoms with Crippen LogP contribution in [0.1, 0.15) is 6.92 Å². The maximum absolute atomic E-state index is 13.5. The second kappa shape index (κ2) is 8.08. The first-order valence-corrected chi connectivity index (χ1v) is 11.5. The van der Waals surface area contributed by atoms with E-state index in [1.54, 1.807) is 43.4 Å². The van der Waals surface area contributed by atoms with Crippen LogP contribution >= 0.6 is 0 Å². The molecule has 0 unspecified atom stereocenters. The number of rotatable bonds is 4. The van der Waals surface area contributed by atoms with Crippen LogP contribution in [0.15, 0.2) is 70.5 Å². The van der Waals surface area contributed by atoms with E-state index in [-0.39, 0.29) is 15.7 Å². The van der Waals surface area contributed by atoms with Gasteiger partial charge in [0.15, 0.2) is 0 Å². The normalized spacial score (nSPS) is 14.7. The van der Waals surface area contributed by atoms with Gasteiger partial charge in [0.25, 0.3) is 0 Å². The highest BCUT2D eigenvalue weighted by atomic mass is 32.2. The summed E-state index contributed by atoms with van der Waals surface area (Å²) in [6.45, 7) is 4.99. The molecule has 1 N–H and O–H groups in total. The Morgan fingerprint density at radius 1 is 0.933 bits per heavy atom. The number of sulfone groups is 1. The fourth-order valence-electron chi connectivity index (χ4n) is 3.93. The molecule has 0 spiro atoms. The Labute approximate surface area is 177 Å². The largest absolute Gasteiger partial charge is 0.368 e. The summed E-state index contributed by atoms with van der Waals surface area (Å²) in [5.74, 6) is -0.223. The highest BCUT2D eigenvalue weighted by Crippen LogP contribution is 2.39. The highest BCUT2D eigenvalue weighted by molar-refractivity contribution is 7.91. The van der Waals surface area contributed by atoms with Crippen molar-refractivity contribution in [1.82, 2.24) is 5.32 Å². The van der Waals surface area contributed by atoms with Gasteiger partial charge in [-0.2, -0.15) is 0 Å². The van der Waals surface area contributed by atoms with Crippen molar-refractivity contribution in [1.29, 1.82) is 0 Å². The molecular weight excluding hydrogens is 398 g/mol. The molecule has 1 fully saturated rings. The van der Waals surface area contributed by atoms with Crippen LogP contribution in [-0.4, -0.2) is 47.6 Å². The number of hydrogen-bond acceptors (Lipinski definition) is 5. The Kier molecular flexibility index (Phi) is 5.49. The summed E-state index contributed by atoms with van der Waals surface area (Å²) in [4.78, 5) is 16.4. The van der Waals surface area contributed by atoms with Crippen molar-refractivity contribution in [3.63, 3.8) is 0 Å². The molecule has 1 amide bonds. The summed E-state index contributed by atoms with van der Waals surface area (Å²) in [6.07, 6.45) is 0. The molecule has 1 aliphatic rings. The number of nitrogens with zero attached hydrogens (tertiary/aromatic N) is 2. The average molecular weight is 424 g/mol. The van der Waals surface area contributed by atoms with E-state index in [1.807, 2.05) is 18.2 Å². The molecule has 156 valence electrons. The van der Waals surface area contributed by atoms with Gasteiger partial charge in [-0.1, -0.05) is 36.4 Å². The second-order valence-electron chi connectivity index (χ2n) is 7.42. The number of nitrogens with one attached hydrogen (secondary N) is 1. The maximum Gasteiger partial charge on any atom is 0.223 e. The Balaban J connectivity index is 1.98. The van der Waals surface area contributed by atoms with E-state index in [0.29, 0.717) is 5.69 Å². The van der Waals surface area contributed by atoms with E-state index in [2.05, 4.69) is 16.3 Å². The molecule has 6 nitrogen and oxygen atoms in total. The van der Waals surface area contributed by atoms with Crippen LogP contribution in [0.2, 0.25) is 0 Å². The third kappa shape index (κ3) is 3.55. The molecule has 7 heteroatoms. The van der Waals surface area contributed by atoms with Crippen molar-refractivity contribution >= 4 is 37.9 Å². The van der Waals surface area contributed by atoms with Gasteiger partial charge in [-0.15, -0.1) is 0 Å². The van der Waals surface area contributed by atoms with Gasteiger partial charge >= 0.3 is 0 Å². The summed E-state index contributed by atoms with van der Waals surface area (Å²) in [5.41, 5.74) is 1.47. The fraction of sp³-hybridized carbons (Fsp3) is 0.261. The minimum absolute atomic E-state index is 0.136. The maximum atomic E-state index is 13.5. The van der Waals surface area contributed by atoms with E-state index in [9.17, 15) is 13.2 Å². The van der Waals surface area contributed by atoms with Crippen molar-refractivity contribution < 1.29 is 13.2 Å². The summed E-state index contributed by atoms with van der Waals surface area (Å²) < 4.78 is 26.9. The minimum Gasteiger partial charge on any atom is -0.368 e. The van der Waals surface area contributed by atoms with Crippen LogP contribution in [0.25, 0.3) is 10.8 Å². The van der Waals surface area contributed by atoms with Gasteiger partial charge in [-0.3, -0.25) is 4.79 Å². The summed E-state index contributed by atoms with van der Waals surface area (Å²) >= 11 is 0. The number of anilines is 2. The summed E-state index contributed by atoms with van der Waals surface area (Å²) in [6, 6.07) is 17.7. The van der Waals surface area contributed by atoms with Gasteiger partial charge in [0.1, 0.15) is 0 Å². The zero-order chi connectivity index (χ0) is 21.3. The van der Waals surface area contributed by atoms with E-state index in [0.717, 1.165) is 42.6 Å². The van der Waals surface area contributed by atoms with Gasteiger partial charge < -0.3 is 15.1 Å². The lowest BCUT2D eigenvalue weighted by Crippen LogP contribution is -2.43. The number of hydrogen-bond donors (Lipinski definition) is 1. The molecule has 0 saturated carbocycles. The van der Waals surface area contributed by atoms with E-state index in [1.165, 1.54) is 11.8 Å². The van der Waals surface area contributed by atoms with E-state index in [4.69, 9.17) is 0 Å². The van der Waals surface area contributed by atoms with E-state index < -0.39 is 9.84 Å². The minimum atomic E-state index is -3.79. The average Bonchev–Trinajstić information content (AvgIpc) is 2.78. The zero-order valence-corrected chi connectivity index (χ0v) is 17.9. The van der Waals surface area contributed by atoms with Gasteiger partial charge in [-0.05, 0) is 24.3 Å². The molecular formula is C23H25N3O3S. The standard InChI is InChI=1S/C23H25N3O3S/c1-17(27)25(2)23-20-9-6-10-21(26-15-13-24-14-16-26)19(20)11-12-22(23)30(28,29)18-7-4-3-5-8-18/h3-12,24H,13-16H2,1-2H3. The SMILES string of the molecule is CC(=O)N(C)c1c(S(=O)(=O)c2ccccc2)ccc2c(N3CCNCC3)cccc12. The molecule has 3 aromatic rings. The molecule has 3 aromatic carbocycles. The lowest BCUT2D eigenvalue weighted by Gasteiger charge is -2.31.